The number of halogens is 3. The van der Waals surface area contributed by atoms with Gasteiger partial charge < -0.3 is 10.2 Å². The Balaban J connectivity index is 1.20. The lowest BCUT2D eigenvalue weighted by Crippen LogP contribution is -2.34. The van der Waals surface area contributed by atoms with Gasteiger partial charge in [0.1, 0.15) is 5.82 Å². The average molecular weight is 542 g/mol. The molecule has 11 heteroatoms. The molecular weight excluding hydrogens is 519 g/mol. The maximum Gasteiger partial charge on any atom is 0.416 e. The van der Waals surface area contributed by atoms with Crippen LogP contribution < -0.4 is 5.32 Å². The van der Waals surface area contributed by atoms with Crippen LogP contribution in [0.15, 0.2) is 54.1 Å². The molecule has 1 aliphatic rings. The summed E-state index contributed by atoms with van der Waals surface area (Å²) in [5.74, 6) is 0.437. The highest BCUT2D eigenvalue weighted by molar-refractivity contribution is 7.16. The van der Waals surface area contributed by atoms with E-state index in [4.69, 9.17) is 0 Å². The van der Waals surface area contributed by atoms with Crippen molar-refractivity contribution in [1.29, 1.82) is 0 Å². The molecule has 1 aromatic carbocycles. The van der Waals surface area contributed by atoms with Gasteiger partial charge in [0.05, 0.1) is 32.4 Å². The number of aromatic nitrogens is 3. The second kappa shape index (κ2) is 10.1. The lowest BCUT2D eigenvalue weighted by atomic mass is 9.98. The molecule has 1 amide bonds. The van der Waals surface area contributed by atoms with Crippen LogP contribution in [0.5, 0.6) is 0 Å². The monoisotopic (exact) mass is 541 g/mol. The first-order valence-corrected chi connectivity index (χ1v) is 13.2. The Morgan fingerprint density at radius 3 is 2.46 bits per heavy atom. The van der Waals surface area contributed by atoms with Gasteiger partial charge >= 0.3 is 6.18 Å². The normalized spacial score (nSPS) is 14.0. The van der Waals surface area contributed by atoms with E-state index in [2.05, 4.69) is 20.3 Å². The molecule has 6 nitrogen and oxygen atoms in total. The van der Waals surface area contributed by atoms with Gasteiger partial charge in [-0.1, -0.05) is 18.2 Å². The van der Waals surface area contributed by atoms with Crippen LogP contribution in [0, 0.1) is 13.8 Å². The molecule has 0 spiro atoms. The van der Waals surface area contributed by atoms with Gasteiger partial charge in [-0.2, -0.15) is 13.2 Å². The third kappa shape index (κ3) is 5.57. The van der Waals surface area contributed by atoms with E-state index in [-0.39, 0.29) is 5.91 Å². The molecule has 190 valence electrons. The zero-order valence-corrected chi connectivity index (χ0v) is 21.6. The maximum absolute atomic E-state index is 13.0. The number of carbonyl (C=O) groups is 1. The topological polar surface area (TPSA) is 71.0 Å². The summed E-state index contributed by atoms with van der Waals surface area (Å²) < 4.78 is 38.4. The van der Waals surface area contributed by atoms with Crippen molar-refractivity contribution < 1.29 is 18.0 Å². The number of nitrogens with zero attached hydrogens (tertiary/aromatic N) is 4. The number of nitrogens with one attached hydrogen (secondary N) is 1. The molecule has 37 heavy (non-hydrogen) atoms. The lowest BCUT2D eigenvalue weighted by molar-refractivity contribution is -0.137. The zero-order valence-electron chi connectivity index (χ0n) is 20.0. The quantitative estimate of drug-likeness (QED) is 0.295. The molecule has 0 aliphatic carbocycles. The fourth-order valence-electron chi connectivity index (χ4n) is 4.08. The third-order valence-corrected chi connectivity index (χ3v) is 7.82. The fourth-order valence-corrected chi connectivity index (χ4v) is 5.74. The van der Waals surface area contributed by atoms with Crippen molar-refractivity contribution in [3.63, 3.8) is 0 Å². The van der Waals surface area contributed by atoms with Gasteiger partial charge in [0.2, 0.25) is 0 Å². The van der Waals surface area contributed by atoms with Crippen molar-refractivity contribution in [1.82, 2.24) is 19.9 Å². The second-order valence-corrected chi connectivity index (χ2v) is 10.6. The summed E-state index contributed by atoms with van der Waals surface area (Å²) in [6, 6.07) is 8.59. The summed E-state index contributed by atoms with van der Waals surface area (Å²) in [5, 5.41) is 6.85. The van der Waals surface area contributed by atoms with Gasteiger partial charge in [-0.15, -0.1) is 22.7 Å². The Kier molecular flexibility index (Phi) is 6.82. The highest BCUT2D eigenvalue weighted by Gasteiger charge is 2.30. The molecule has 4 heterocycles. The van der Waals surface area contributed by atoms with E-state index < -0.39 is 11.7 Å². The molecular formula is C26H22F3N5OS2. The first-order valence-electron chi connectivity index (χ1n) is 11.5. The van der Waals surface area contributed by atoms with Crippen LogP contribution in [-0.2, 0) is 6.18 Å². The van der Waals surface area contributed by atoms with E-state index in [0.29, 0.717) is 36.0 Å². The third-order valence-electron chi connectivity index (χ3n) is 5.97. The summed E-state index contributed by atoms with van der Waals surface area (Å²) >= 11 is 3.08. The minimum atomic E-state index is -4.36. The smallest absolute Gasteiger partial charge is 0.335 e. The Hall–Kier alpha value is -3.57. The molecule has 0 saturated heterocycles. The molecule has 3 aromatic heterocycles. The fraction of sp³-hybridized carbons (Fsp3) is 0.231. The zero-order chi connectivity index (χ0) is 26.2. The number of carbonyl (C=O) groups excluding carboxylic acids is 1. The number of rotatable bonds is 5. The molecule has 5 rings (SSSR count). The van der Waals surface area contributed by atoms with Gasteiger partial charge in [0, 0.05) is 24.7 Å². The largest absolute Gasteiger partial charge is 0.416 e. The van der Waals surface area contributed by atoms with Crippen LogP contribution in [0.2, 0.25) is 0 Å². The molecule has 1 N–H and O–H groups in total. The predicted octanol–water partition coefficient (Wildman–Crippen LogP) is 6.97. The van der Waals surface area contributed by atoms with E-state index in [1.807, 2.05) is 25.3 Å². The van der Waals surface area contributed by atoms with Crippen LogP contribution in [-0.4, -0.2) is 38.8 Å². The predicted molar refractivity (Wildman–Crippen MR) is 140 cm³/mol. The Morgan fingerprint density at radius 2 is 1.86 bits per heavy atom. The number of anilines is 2. The molecule has 0 atom stereocenters. The SMILES string of the molecule is Cc1nc(C)c(-c2csc(Nc3ccc(C(=O)N4CC=C(c5ccc(C(F)(F)F)cc5)CC4)cn3)n2)s1. The Labute approximate surface area is 219 Å². The van der Waals surface area contributed by atoms with Gasteiger partial charge in [0.25, 0.3) is 5.91 Å². The minimum Gasteiger partial charge on any atom is -0.335 e. The second-order valence-electron chi connectivity index (χ2n) is 8.55. The molecule has 4 aromatic rings. The first-order chi connectivity index (χ1) is 17.7. The molecule has 1 aliphatic heterocycles. The van der Waals surface area contributed by atoms with Gasteiger partial charge in [-0.25, -0.2) is 15.0 Å². The molecule has 0 radical (unpaired) electrons. The Bertz CT molecular complexity index is 1460. The van der Waals surface area contributed by atoms with Gasteiger partial charge in [0.15, 0.2) is 5.13 Å². The van der Waals surface area contributed by atoms with Crippen LogP contribution in [0.4, 0.5) is 24.1 Å². The minimum absolute atomic E-state index is 0.144. The maximum atomic E-state index is 13.0. The first kappa shape index (κ1) is 25.1. The van der Waals surface area contributed by atoms with Crippen molar-refractivity contribution in [2.24, 2.45) is 0 Å². The standard InChI is InChI=1S/C26H22F3N5OS2/c1-15-23(37-16(2)31-15)21-14-36-25(32-21)33-22-8-5-19(13-30-22)24(35)34-11-9-18(10-12-34)17-3-6-20(7-4-17)26(27,28)29/h3-9,13-14H,10-12H2,1-2H3,(H,30,32,33). The van der Waals surface area contributed by atoms with E-state index in [1.165, 1.54) is 29.7 Å². The number of thiazole rings is 2. The molecule has 0 bridgehead atoms. The van der Waals surface area contributed by atoms with Crippen molar-refractivity contribution in [2.45, 2.75) is 26.4 Å². The van der Waals surface area contributed by atoms with Crippen molar-refractivity contribution >= 4 is 45.1 Å². The van der Waals surface area contributed by atoms with Crippen LogP contribution >= 0.6 is 22.7 Å². The summed E-state index contributed by atoms with van der Waals surface area (Å²) in [4.78, 5) is 29.2. The van der Waals surface area contributed by atoms with Crippen molar-refractivity contribution in [2.75, 3.05) is 18.4 Å². The Morgan fingerprint density at radius 1 is 1.08 bits per heavy atom. The molecule has 0 saturated carbocycles. The number of pyridine rings is 1. The van der Waals surface area contributed by atoms with Crippen LogP contribution in [0.1, 0.15) is 38.6 Å². The average Bonchev–Trinajstić information content (AvgIpc) is 3.48. The van der Waals surface area contributed by atoms with E-state index in [9.17, 15) is 18.0 Å². The number of hydrogen-bond acceptors (Lipinski definition) is 7. The highest BCUT2D eigenvalue weighted by atomic mass is 32.1. The molecule has 0 unspecified atom stereocenters. The summed E-state index contributed by atoms with van der Waals surface area (Å²) in [6.07, 6.45) is -0.370. The summed E-state index contributed by atoms with van der Waals surface area (Å²) in [5.41, 5.74) is 3.29. The number of benzene rings is 1. The van der Waals surface area contributed by atoms with Crippen molar-refractivity contribution in [3.05, 3.63) is 81.4 Å². The number of hydrogen-bond donors (Lipinski definition) is 1. The summed E-state index contributed by atoms with van der Waals surface area (Å²) in [7, 11) is 0. The van der Waals surface area contributed by atoms with Gasteiger partial charge in [-0.3, -0.25) is 4.79 Å². The number of alkyl halides is 3. The van der Waals surface area contributed by atoms with E-state index in [1.54, 1.807) is 28.4 Å². The number of aryl methyl sites for hydroxylation is 2. The molecule has 0 fully saturated rings. The van der Waals surface area contributed by atoms with Gasteiger partial charge in [-0.05, 0) is 55.7 Å². The van der Waals surface area contributed by atoms with E-state index in [0.717, 1.165) is 44.5 Å². The van der Waals surface area contributed by atoms with Crippen LogP contribution in [0.3, 0.4) is 0 Å². The number of amides is 1. The summed E-state index contributed by atoms with van der Waals surface area (Å²) in [6.45, 7) is 4.80. The lowest BCUT2D eigenvalue weighted by Gasteiger charge is -2.27. The van der Waals surface area contributed by atoms with Crippen LogP contribution in [0.25, 0.3) is 16.1 Å². The van der Waals surface area contributed by atoms with E-state index >= 15 is 0 Å². The highest BCUT2D eigenvalue weighted by Crippen LogP contribution is 2.33. The van der Waals surface area contributed by atoms with Crippen molar-refractivity contribution in [3.8, 4) is 10.6 Å².